The van der Waals surface area contributed by atoms with Gasteiger partial charge in [0, 0.05) is 38.6 Å². The van der Waals surface area contributed by atoms with Gasteiger partial charge < -0.3 is 9.80 Å². The Hall–Kier alpha value is -1.95. The number of carbonyl (C=O) groups is 2. The Labute approximate surface area is 167 Å². The lowest BCUT2D eigenvalue weighted by molar-refractivity contribution is -0.142. The van der Waals surface area contributed by atoms with E-state index in [0.29, 0.717) is 32.1 Å². The van der Waals surface area contributed by atoms with Gasteiger partial charge in [0.2, 0.25) is 11.8 Å². The number of hydrogen-bond acceptors (Lipinski definition) is 3. The molecule has 0 radical (unpaired) electrons. The molecule has 1 unspecified atom stereocenters. The van der Waals surface area contributed by atoms with Crippen molar-refractivity contribution in [1.29, 1.82) is 0 Å². The van der Waals surface area contributed by atoms with Crippen LogP contribution in [0.3, 0.4) is 0 Å². The Morgan fingerprint density at radius 3 is 2.57 bits per heavy atom. The summed E-state index contributed by atoms with van der Waals surface area (Å²) in [5.74, 6) is 0.748. The number of benzene rings is 1. The number of likely N-dealkylation sites (tertiary alicyclic amines) is 2. The van der Waals surface area contributed by atoms with Crippen LogP contribution >= 0.6 is 0 Å². The van der Waals surface area contributed by atoms with Crippen molar-refractivity contribution in [2.45, 2.75) is 39.2 Å². The molecule has 0 saturated carbocycles. The van der Waals surface area contributed by atoms with Crippen molar-refractivity contribution in [1.82, 2.24) is 14.7 Å². The fraction of sp³-hybridized carbons (Fsp3) is 0.636. The van der Waals surface area contributed by atoms with Crippen molar-refractivity contribution in [3.63, 3.8) is 0 Å². The van der Waals surface area contributed by atoms with Gasteiger partial charge in [0.1, 0.15) is 5.82 Å². The van der Waals surface area contributed by atoms with E-state index >= 15 is 0 Å². The van der Waals surface area contributed by atoms with Crippen molar-refractivity contribution < 1.29 is 14.0 Å². The summed E-state index contributed by atoms with van der Waals surface area (Å²) in [6.45, 7) is 6.10. The molecule has 3 rings (SSSR count). The second-order valence-corrected chi connectivity index (χ2v) is 8.49. The number of halogens is 1. The van der Waals surface area contributed by atoms with Crippen LogP contribution in [0.25, 0.3) is 0 Å². The third kappa shape index (κ3) is 5.53. The molecule has 28 heavy (non-hydrogen) atoms. The number of amides is 2. The van der Waals surface area contributed by atoms with Crippen LogP contribution in [0.2, 0.25) is 0 Å². The minimum atomic E-state index is -0.257. The van der Waals surface area contributed by atoms with E-state index in [1.807, 2.05) is 27.8 Å². The lowest BCUT2D eigenvalue weighted by Gasteiger charge is -2.37. The number of carbonyl (C=O) groups excluding carboxylic acids is 2. The van der Waals surface area contributed by atoms with Crippen LogP contribution in [0.4, 0.5) is 4.39 Å². The van der Waals surface area contributed by atoms with Gasteiger partial charge in [0.05, 0.1) is 6.54 Å². The molecule has 0 aliphatic carbocycles. The van der Waals surface area contributed by atoms with E-state index in [1.165, 1.54) is 18.6 Å². The van der Waals surface area contributed by atoms with E-state index in [9.17, 15) is 14.0 Å². The molecule has 0 bridgehead atoms. The SMILES string of the molecule is CC1CCCN(C(=O)C2CCN(C(=O)CN(C)Cc3cccc(F)c3)CC2)C1. The van der Waals surface area contributed by atoms with E-state index in [-0.39, 0.29) is 23.5 Å². The normalized spacial score (nSPS) is 21.2. The molecule has 154 valence electrons. The van der Waals surface area contributed by atoms with Crippen molar-refractivity contribution in [2.24, 2.45) is 11.8 Å². The zero-order valence-electron chi connectivity index (χ0n) is 17.1. The van der Waals surface area contributed by atoms with Gasteiger partial charge >= 0.3 is 0 Å². The van der Waals surface area contributed by atoms with Gasteiger partial charge in [-0.2, -0.15) is 0 Å². The first-order valence-electron chi connectivity index (χ1n) is 10.4. The molecule has 2 aliphatic heterocycles. The van der Waals surface area contributed by atoms with Crippen LogP contribution in [-0.4, -0.2) is 66.3 Å². The van der Waals surface area contributed by atoms with Crippen molar-refractivity contribution in [3.8, 4) is 0 Å². The lowest BCUT2D eigenvalue weighted by Crippen LogP contribution is -2.48. The summed E-state index contributed by atoms with van der Waals surface area (Å²) in [7, 11) is 1.87. The molecule has 6 heteroatoms. The van der Waals surface area contributed by atoms with Crippen molar-refractivity contribution in [2.75, 3.05) is 39.8 Å². The van der Waals surface area contributed by atoms with Crippen LogP contribution in [0.1, 0.15) is 38.2 Å². The van der Waals surface area contributed by atoms with Crippen molar-refractivity contribution in [3.05, 3.63) is 35.6 Å². The number of likely N-dealkylation sites (N-methyl/N-ethyl adjacent to an activating group) is 1. The molecule has 2 saturated heterocycles. The summed E-state index contributed by atoms with van der Waals surface area (Å²) in [6.07, 6.45) is 3.81. The van der Waals surface area contributed by atoms with Gasteiger partial charge in [0.25, 0.3) is 0 Å². The van der Waals surface area contributed by atoms with Gasteiger partial charge in [-0.05, 0) is 56.3 Å². The summed E-state index contributed by atoms with van der Waals surface area (Å²) >= 11 is 0. The third-order valence-corrected chi connectivity index (χ3v) is 5.91. The molecule has 1 aromatic rings. The van der Waals surface area contributed by atoms with Gasteiger partial charge in [-0.1, -0.05) is 19.1 Å². The molecule has 1 atom stereocenters. The van der Waals surface area contributed by atoms with E-state index < -0.39 is 0 Å². The van der Waals surface area contributed by atoms with E-state index in [4.69, 9.17) is 0 Å². The highest BCUT2D eigenvalue weighted by Crippen LogP contribution is 2.23. The Morgan fingerprint density at radius 2 is 1.89 bits per heavy atom. The van der Waals surface area contributed by atoms with Crippen LogP contribution in [0, 0.1) is 17.7 Å². The van der Waals surface area contributed by atoms with E-state index in [0.717, 1.165) is 37.9 Å². The Morgan fingerprint density at radius 1 is 1.14 bits per heavy atom. The second kappa shape index (κ2) is 9.50. The maximum Gasteiger partial charge on any atom is 0.236 e. The molecule has 2 aliphatic rings. The molecule has 2 amide bonds. The average molecular weight is 390 g/mol. The summed E-state index contributed by atoms with van der Waals surface area (Å²) in [4.78, 5) is 31.2. The first-order chi connectivity index (χ1) is 13.4. The summed E-state index contributed by atoms with van der Waals surface area (Å²) < 4.78 is 13.3. The van der Waals surface area contributed by atoms with E-state index in [2.05, 4.69) is 6.92 Å². The molecular formula is C22H32FN3O2. The Balaban J connectivity index is 1.43. The quantitative estimate of drug-likeness (QED) is 0.778. The average Bonchev–Trinajstić information content (AvgIpc) is 2.67. The van der Waals surface area contributed by atoms with Gasteiger partial charge in [-0.15, -0.1) is 0 Å². The maximum absolute atomic E-state index is 13.3. The first kappa shape index (κ1) is 20.8. The highest BCUT2D eigenvalue weighted by atomic mass is 19.1. The minimum absolute atomic E-state index is 0.0550. The van der Waals surface area contributed by atoms with Crippen molar-refractivity contribution >= 4 is 11.8 Å². The Bertz CT molecular complexity index is 688. The number of piperidine rings is 2. The molecule has 0 spiro atoms. The lowest BCUT2D eigenvalue weighted by atomic mass is 9.92. The van der Waals surface area contributed by atoms with E-state index in [1.54, 1.807) is 6.07 Å². The molecule has 1 aromatic carbocycles. The fourth-order valence-electron chi connectivity index (χ4n) is 4.36. The van der Waals surface area contributed by atoms with Gasteiger partial charge in [0.15, 0.2) is 0 Å². The Kier molecular flexibility index (Phi) is 7.05. The maximum atomic E-state index is 13.3. The molecule has 0 N–H and O–H groups in total. The number of hydrogen-bond donors (Lipinski definition) is 0. The molecule has 5 nitrogen and oxygen atoms in total. The highest BCUT2D eigenvalue weighted by molar-refractivity contribution is 5.81. The van der Waals surface area contributed by atoms with Gasteiger partial charge in [-0.3, -0.25) is 14.5 Å². The summed E-state index contributed by atoms with van der Waals surface area (Å²) in [5.41, 5.74) is 0.857. The predicted molar refractivity (Wildman–Crippen MR) is 107 cm³/mol. The van der Waals surface area contributed by atoms with Crippen LogP contribution in [0.15, 0.2) is 24.3 Å². The second-order valence-electron chi connectivity index (χ2n) is 8.49. The molecule has 2 heterocycles. The predicted octanol–water partition coefficient (Wildman–Crippen LogP) is 2.75. The minimum Gasteiger partial charge on any atom is -0.342 e. The topological polar surface area (TPSA) is 43.9 Å². The molecule has 0 aromatic heterocycles. The fourth-order valence-corrected chi connectivity index (χ4v) is 4.36. The summed E-state index contributed by atoms with van der Waals surface area (Å²) in [5, 5.41) is 0. The van der Waals surface area contributed by atoms with Crippen LogP contribution in [-0.2, 0) is 16.1 Å². The smallest absolute Gasteiger partial charge is 0.236 e. The number of rotatable bonds is 5. The zero-order valence-corrected chi connectivity index (χ0v) is 17.1. The zero-order chi connectivity index (χ0) is 20.1. The highest BCUT2D eigenvalue weighted by Gasteiger charge is 2.31. The standard InChI is InChI=1S/C22H32FN3O2/c1-17-5-4-10-26(14-17)22(28)19-8-11-25(12-9-19)21(27)16-24(2)15-18-6-3-7-20(23)13-18/h3,6-7,13,17,19H,4-5,8-12,14-16H2,1-2H3. The summed E-state index contributed by atoms with van der Waals surface area (Å²) in [6, 6.07) is 6.47. The van der Waals surface area contributed by atoms with Gasteiger partial charge in [-0.25, -0.2) is 4.39 Å². The van der Waals surface area contributed by atoms with Crippen LogP contribution in [0.5, 0.6) is 0 Å². The number of nitrogens with zero attached hydrogens (tertiary/aromatic N) is 3. The third-order valence-electron chi connectivity index (χ3n) is 5.91. The molecular weight excluding hydrogens is 357 g/mol. The monoisotopic (exact) mass is 389 g/mol. The molecule has 2 fully saturated rings. The largest absolute Gasteiger partial charge is 0.342 e. The first-order valence-corrected chi connectivity index (χ1v) is 10.4. The van der Waals surface area contributed by atoms with Crippen LogP contribution < -0.4 is 0 Å².